The molecule has 1 unspecified atom stereocenters. The van der Waals surface area contributed by atoms with Crippen LogP contribution in [0, 0.1) is 6.92 Å². The van der Waals surface area contributed by atoms with E-state index in [1.165, 1.54) is 12.0 Å². The van der Waals surface area contributed by atoms with Crippen LogP contribution in [0.1, 0.15) is 35.8 Å². The minimum Gasteiger partial charge on any atom is -0.312 e. The smallest absolute Gasteiger partial charge is 0.0576 e. The van der Waals surface area contributed by atoms with Crippen LogP contribution in [0.25, 0.3) is 0 Å². The van der Waals surface area contributed by atoms with Crippen molar-refractivity contribution in [2.75, 3.05) is 7.05 Å². The number of hydrogen-bond acceptors (Lipinski definition) is 2. The Kier molecular flexibility index (Phi) is 5.10. The maximum Gasteiger partial charge on any atom is 0.0576 e. The molecule has 1 aromatic heterocycles. The molecule has 0 amide bonds. The van der Waals surface area contributed by atoms with Crippen molar-refractivity contribution in [2.45, 2.75) is 32.2 Å². The lowest BCUT2D eigenvalue weighted by atomic mass is 10.0. The zero-order valence-corrected chi connectivity index (χ0v) is 11.8. The van der Waals surface area contributed by atoms with Gasteiger partial charge in [0.25, 0.3) is 0 Å². The Labute approximate surface area is 115 Å². The van der Waals surface area contributed by atoms with Crippen LogP contribution in [0.3, 0.4) is 0 Å². The second-order valence-corrected chi connectivity index (χ2v) is 4.92. The van der Waals surface area contributed by atoms with E-state index in [1.54, 1.807) is 0 Å². The molecule has 100 valence electrons. The Morgan fingerprint density at radius 1 is 1.05 bits per heavy atom. The topological polar surface area (TPSA) is 24.9 Å². The van der Waals surface area contributed by atoms with Crippen LogP contribution in [0.5, 0.6) is 0 Å². The van der Waals surface area contributed by atoms with E-state index in [0.717, 1.165) is 24.2 Å². The first-order valence-corrected chi connectivity index (χ1v) is 6.94. The number of nitrogens with one attached hydrogen (secondary N) is 1. The Morgan fingerprint density at radius 2 is 1.84 bits per heavy atom. The van der Waals surface area contributed by atoms with Gasteiger partial charge in [-0.1, -0.05) is 36.4 Å². The first-order valence-electron chi connectivity index (χ1n) is 6.94. The van der Waals surface area contributed by atoms with Crippen molar-refractivity contribution in [3.05, 3.63) is 65.5 Å². The summed E-state index contributed by atoms with van der Waals surface area (Å²) in [7, 11) is 2.01. The molecule has 2 rings (SSSR count). The van der Waals surface area contributed by atoms with Crippen molar-refractivity contribution < 1.29 is 0 Å². The fourth-order valence-corrected chi connectivity index (χ4v) is 2.35. The molecule has 1 aromatic carbocycles. The SMILES string of the molecule is CNC(CCCc1ccccc1)c1cccc(C)n1. The summed E-state index contributed by atoms with van der Waals surface area (Å²) in [4.78, 5) is 4.61. The summed E-state index contributed by atoms with van der Waals surface area (Å²) in [5, 5.41) is 3.37. The summed E-state index contributed by atoms with van der Waals surface area (Å²) in [5.41, 5.74) is 3.64. The molecule has 1 N–H and O–H groups in total. The van der Waals surface area contributed by atoms with Crippen LogP contribution < -0.4 is 5.32 Å². The first-order chi connectivity index (χ1) is 9.29. The fourth-order valence-electron chi connectivity index (χ4n) is 2.35. The van der Waals surface area contributed by atoms with Crippen LogP contribution in [-0.2, 0) is 6.42 Å². The molecule has 0 spiro atoms. The number of hydrogen-bond donors (Lipinski definition) is 1. The number of aromatic nitrogens is 1. The lowest BCUT2D eigenvalue weighted by molar-refractivity contribution is 0.514. The van der Waals surface area contributed by atoms with Gasteiger partial charge in [0, 0.05) is 11.7 Å². The van der Waals surface area contributed by atoms with Gasteiger partial charge in [-0.2, -0.15) is 0 Å². The van der Waals surface area contributed by atoms with Crippen LogP contribution in [0.15, 0.2) is 48.5 Å². The molecule has 0 saturated heterocycles. The zero-order valence-electron chi connectivity index (χ0n) is 11.8. The Bertz CT molecular complexity index is 494. The molecule has 2 aromatic rings. The summed E-state index contributed by atoms with van der Waals surface area (Å²) >= 11 is 0. The van der Waals surface area contributed by atoms with Gasteiger partial charge in [0.2, 0.25) is 0 Å². The summed E-state index contributed by atoms with van der Waals surface area (Å²) in [6.07, 6.45) is 3.41. The quantitative estimate of drug-likeness (QED) is 0.850. The second-order valence-electron chi connectivity index (χ2n) is 4.92. The molecule has 0 bridgehead atoms. The summed E-state index contributed by atoms with van der Waals surface area (Å²) in [6, 6.07) is 17.2. The number of aryl methyl sites for hydroxylation is 2. The van der Waals surface area contributed by atoms with Crippen molar-refractivity contribution in [2.24, 2.45) is 0 Å². The molecule has 0 aliphatic carbocycles. The average Bonchev–Trinajstić information content (AvgIpc) is 2.45. The van der Waals surface area contributed by atoms with Crippen molar-refractivity contribution >= 4 is 0 Å². The third-order valence-electron chi connectivity index (χ3n) is 3.42. The minimum absolute atomic E-state index is 0.351. The Hall–Kier alpha value is -1.67. The van der Waals surface area contributed by atoms with Gasteiger partial charge in [-0.05, 0) is 50.9 Å². The molecule has 0 fully saturated rings. The van der Waals surface area contributed by atoms with Crippen molar-refractivity contribution in [1.82, 2.24) is 10.3 Å². The molecule has 1 heterocycles. The van der Waals surface area contributed by atoms with Crippen LogP contribution in [-0.4, -0.2) is 12.0 Å². The number of rotatable bonds is 6. The zero-order chi connectivity index (χ0) is 13.5. The largest absolute Gasteiger partial charge is 0.312 e. The fraction of sp³-hybridized carbons (Fsp3) is 0.353. The first kappa shape index (κ1) is 13.8. The molecule has 1 atom stereocenters. The van der Waals surface area contributed by atoms with Crippen molar-refractivity contribution in [1.29, 1.82) is 0 Å². The summed E-state index contributed by atoms with van der Waals surface area (Å²) < 4.78 is 0. The van der Waals surface area contributed by atoms with E-state index in [1.807, 2.05) is 20.0 Å². The van der Waals surface area contributed by atoms with Crippen LogP contribution in [0.4, 0.5) is 0 Å². The van der Waals surface area contributed by atoms with Crippen molar-refractivity contribution in [3.8, 4) is 0 Å². The van der Waals surface area contributed by atoms with Gasteiger partial charge in [-0.25, -0.2) is 0 Å². The highest BCUT2D eigenvalue weighted by atomic mass is 14.9. The molecule has 0 radical (unpaired) electrons. The molecular weight excluding hydrogens is 232 g/mol. The number of benzene rings is 1. The monoisotopic (exact) mass is 254 g/mol. The van der Waals surface area contributed by atoms with Gasteiger partial charge in [-0.15, -0.1) is 0 Å². The molecule has 0 saturated carbocycles. The molecular formula is C17H22N2. The molecule has 2 nitrogen and oxygen atoms in total. The van der Waals surface area contributed by atoms with E-state index >= 15 is 0 Å². The summed E-state index contributed by atoms with van der Waals surface area (Å²) in [5.74, 6) is 0. The van der Waals surface area contributed by atoms with E-state index in [9.17, 15) is 0 Å². The highest BCUT2D eigenvalue weighted by molar-refractivity contribution is 5.15. The van der Waals surface area contributed by atoms with E-state index in [4.69, 9.17) is 0 Å². The standard InChI is InChI=1S/C17H22N2/c1-14-8-6-13-17(19-14)16(18-2)12-7-11-15-9-4-3-5-10-15/h3-6,8-10,13,16,18H,7,11-12H2,1-2H3. The third-order valence-corrected chi connectivity index (χ3v) is 3.42. The van der Waals surface area contributed by atoms with Gasteiger partial charge in [0.1, 0.15) is 0 Å². The lowest BCUT2D eigenvalue weighted by Gasteiger charge is -2.16. The van der Waals surface area contributed by atoms with Crippen LogP contribution in [0.2, 0.25) is 0 Å². The maximum atomic E-state index is 4.61. The van der Waals surface area contributed by atoms with Gasteiger partial charge >= 0.3 is 0 Å². The third kappa shape index (κ3) is 4.18. The molecule has 2 heteroatoms. The predicted octanol–water partition coefficient (Wildman–Crippen LogP) is 3.67. The lowest BCUT2D eigenvalue weighted by Crippen LogP contribution is -2.18. The molecule has 19 heavy (non-hydrogen) atoms. The number of nitrogens with zero attached hydrogens (tertiary/aromatic N) is 1. The maximum absolute atomic E-state index is 4.61. The predicted molar refractivity (Wildman–Crippen MR) is 80.2 cm³/mol. The van der Waals surface area contributed by atoms with Gasteiger partial charge in [-0.3, -0.25) is 4.98 Å². The van der Waals surface area contributed by atoms with E-state index < -0.39 is 0 Å². The van der Waals surface area contributed by atoms with Gasteiger partial charge in [0.05, 0.1) is 5.69 Å². The highest BCUT2D eigenvalue weighted by Crippen LogP contribution is 2.18. The number of pyridine rings is 1. The second kappa shape index (κ2) is 7.05. The van der Waals surface area contributed by atoms with E-state index in [2.05, 4.69) is 52.8 Å². The normalized spacial score (nSPS) is 12.3. The van der Waals surface area contributed by atoms with Gasteiger partial charge < -0.3 is 5.32 Å². The Morgan fingerprint density at radius 3 is 2.53 bits per heavy atom. The summed E-state index contributed by atoms with van der Waals surface area (Å²) in [6.45, 7) is 2.04. The van der Waals surface area contributed by atoms with Crippen LogP contribution >= 0.6 is 0 Å². The van der Waals surface area contributed by atoms with E-state index in [-0.39, 0.29) is 0 Å². The van der Waals surface area contributed by atoms with E-state index in [0.29, 0.717) is 6.04 Å². The van der Waals surface area contributed by atoms with Gasteiger partial charge in [0.15, 0.2) is 0 Å². The minimum atomic E-state index is 0.351. The molecule has 0 aliphatic rings. The highest BCUT2D eigenvalue weighted by Gasteiger charge is 2.10. The average molecular weight is 254 g/mol. The van der Waals surface area contributed by atoms with Crippen molar-refractivity contribution in [3.63, 3.8) is 0 Å². The molecule has 0 aliphatic heterocycles. The Balaban J connectivity index is 1.89.